The molecule has 5 nitrogen and oxygen atoms in total. The summed E-state index contributed by atoms with van der Waals surface area (Å²) in [5, 5.41) is 12.1. The molecule has 1 heterocycles. The van der Waals surface area contributed by atoms with Crippen LogP contribution in [-0.2, 0) is 6.61 Å². The molecule has 0 bridgehead atoms. The van der Waals surface area contributed by atoms with E-state index in [1.54, 1.807) is 24.4 Å². The molecule has 2 aromatic carbocycles. The molecule has 25 heavy (non-hydrogen) atoms. The zero-order valence-corrected chi connectivity index (χ0v) is 15.6. The van der Waals surface area contributed by atoms with Crippen molar-refractivity contribution in [2.24, 2.45) is 5.10 Å². The van der Waals surface area contributed by atoms with Crippen LogP contribution in [0.3, 0.4) is 0 Å². The van der Waals surface area contributed by atoms with Crippen LogP contribution in [0.5, 0.6) is 5.75 Å². The number of nitrogens with one attached hydrogen (secondary N) is 1. The minimum Gasteiger partial charge on any atom is -0.482 e. The van der Waals surface area contributed by atoms with E-state index >= 15 is 0 Å². The first-order valence-corrected chi connectivity index (χ1v) is 8.55. The average molecular weight is 393 g/mol. The fourth-order valence-corrected chi connectivity index (χ4v) is 2.78. The molecule has 0 saturated heterocycles. The van der Waals surface area contributed by atoms with Crippen molar-refractivity contribution in [3.63, 3.8) is 0 Å². The lowest BCUT2D eigenvalue weighted by molar-refractivity contribution is 0.291. The second-order valence-electron chi connectivity index (χ2n) is 5.25. The summed E-state index contributed by atoms with van der Waals surface area (Å²) < 4.78 is 7.56. The van der Waals surface area contributed by atoms with Crippen molar-refractivity contribution in [3.8, 4) is 5.75 Å². The van der Waals surface area contributed by atoms with Gasteiger partial charge in [-0.2, -0.15) is 14.9 Å². The normalized spacial score (nSPS) is 11.2. The van der Waals surface area contributed by atoms with E-state index in [2.05, 4.69) is 15.3 Å². The number of halogens is 2. The van der Waals surface area contributed by atoms with E-state index in [9.17, 15) is 0 Å². The van der Waals surface area contributed by atoms with Gasteiger partial charge in [-0.3, -0.25) is 0 Å². The number of aryl methyl sites for hydroxylation is 1. The van der Waals surface area contributed by atoms with Crippen molar-refractivity contribution in [2.75, 3.05) is 0 Å². The highest BCUT2D eigenvalue weighted by molar-refractivity contribution is 7.71. The van der Waals surface area contributed by atoms with Crippen molar-refractivity contribution in [2.45, 2.75) is 13.5 Å². The van der Waals surface area contributed by atoms with Crippen LogP contribution in [0.15, 0.2) is 47.6 Å². The Morgan fingerprint density at radius 3 is 2.56 bits per heavy atom. The van der Waals surface area contributed by atoms with Crippen LogP contribution in [0.25, 0.3) is 0 Å². The number of benzene rings is 2. The maximum atomic E-state index is 6.10. The lowest BCUT2D eigenvalue weighted by Crippen LogP contribution is -2.04. The molecule has 3 aromatic rings. The van der Waals surface area contributed by atoms with Crippen LogP contribution < -0.4 is 4.74 Å². The Balaban J connectivity index is 1.80. The fraction of sp³-hybridized carbons (Fsp3) is 0.118. The summed E-state index contributed by atoms with van der Waals surface area (Å²) in [5.41, 5.74) is 2.14. The number of nitrogens with zero attached hydrogens (tertiary/aromatic N) is 3. The molecule has 128 valence electrons. The SMILES string of the molecule is Cc1ccc(/C=N\n2c(COc3c(Cl)cccc3Cl)n[nH]c2=S)cc1. The molecular formula is C17H14Cl2N4OS. The van der Waals surface area contributed by atoms with Gasteiger partial charge in [-0.05, 0) is 36.8 Å². The fourth-order valence-electron chi connectivity index (χ4n) is 2.07. The average Bonchev–Trinajstić information content (AvgIpc) is 2.94. The molecule has 0 fully saturated rings. The minimum absolute atomic E-state index is 0.113. The van der Waals surface area contributed by atoms with Crippen LogP contribution in [0.2, 0.25) is 10.0 Å². The summed E-state index contributed by atoms with van der Waals surface area (Å²) in [5.74, 6) is 0.901. The van der Waals surface area contributed by atoms with Gasteiger partial charge in [0, 0.05) is 0 Å². The molecule has 1 aromatic heterocycles. The van der Waals surface area contributed by atoms with Gasteiger partial charge < -0.3 is 4.74 Å². The van der Waals surface area contributed by atoms with Gasteiger partial charge in [-0.1, -0.05) is 59.1 Å². The first-order valence-electron chi connectivity index (χ1n) is 7.39. The number of H-pyrrole nitrogens is 1. The Labute approximate surface area is 159 Å². The third-order valence-electron chi connectivity index (χ3n) is 3.38. The highest BCUT2D eigenvalue weighted by Gasteiger charge is 2.10. The first-order chi connectivity index (χ1) is 12.0. The molecule has 0 spiro atoms. The lowest BCUT2D eigenvalue weighted by Gasteiger charge is -2.08. The number of ether oxygens (including phenoxy) is 1. The summed E-state index contributed by atoms with van der Waals surface area (Å²) in [6.07, 6.45) is 1.71. The molecule has 1 N–H and O–H groups in total. The van der Waals surface area contributed by atoms with Crippen molar-refractivity contribution in [1.82, 2.24) is 14.9 Å². The van der Waals surface area contributed by atoms with Gasteiger partial charge in [0.25, 0.3) is 0 Å². The van der Waals surface area contributed by atoms with Crippen molar-refractivity contribution in [1.29, 1.82) is 0 Å². The molecule has 3 rings (SSSR count). The number of hydrogen-bond acceptors (Lipinski definition) is 4. The number of aromatic amines is 1. The summed E-state index contributed by atoms with van der Waals surface area (Å²) in [6, 6.07) is 13.1. The van der Waals surface area contributed by atoms with Crippen molar-refractivity contribution < 1.29 is 4.74 Å². The molecule has 0 aliphatic rings. The van der Waals surface area contributed by atoms with Gasteiger partial charge in [0.15, 0.2) is 11.6 Å². The second kappa shape index (κ2) is 7.82. The maximum Gasteiger partial charge on any atom is 0.216 e. The van der Waals surface area contributed by atoms with Gasteiger partial charge in [-0.15, -0.1) is 0 Å². The van der Waals surface area contributed by atoms with E-state index in [4.69, 9.17) is 40.2 Å². The highest BCUT2D eigenvalue weighted by Crippen LogP contribution is 2.32. The van der Waals surface area contributed by atoms with E-state index in [1.165, 1.54) is 10.2 Å². The second-order valence-corrected chi connectivity index (χ2v) is 6.45. The minimum atomic E-state index is 0.113. The largest absolute Gasteiger partial charge is 0.482 e. The van der Waals surface area contributed by atoms with Crippen LogP contribution in [0.4, 0.5) is 0 Å². The number of para-hydroxylation sites is 1. The molecule has 0 aliphatic heterocycles. The molecule has 0 aliphatic carbocycles. The molecule has 0 saturated carbocycles. The number of rotatable bonds is 5. The van der Waals surface area contributed by atoms with Crippen molar-refractivity contribution >= 4 is 41.6 Å². The predicted octanol–water partition coefficient (Wildman–Crippen LogP) is 5.02. The highest BCUT2D eigenvalue weighted by atomic mass is 35.5. The molecule has 0 radical (unpaired) electrons. The zero-order chi connectivity index (χ0) is 17.8. The van der Waals surface area contributed by atoms with E-state index in [1.807, 2.05) is 31.2 Å². The molecule has 0 unspecified atom stereocenters. The molecule has 8 heteroatoms. The van der Waals surface area contributed by atoms with E-state index in [-0.39, 0.29) is 6.61 Å². The predicted molar refractivity (Wildman–Crippen MR) is 102 cm³/mol. The van der Waals surface area contributed by atoms with Gasteiger partial charge >= 0.3 is 0 Å². The van der Waals surface area contributed by atoms with Gasteiger partial charge in [0.05, 0.1) is 16.3 Å². The van der Waals surface area contributed by atoms with Crippen LogP contribution in [0.1, 0.15) is 17.0 Å². The Kier molecular flexibility index (Phi) is 5.53. The van der Waals surface area contributed by atoms with E-state index in [0.717, 1.165) is 5.56 Å². The lowest BCUT2D eigenvalue weighted by atomic mass is 10.2. The summed E-state index contributed by atoms with van der Waals surface area (Å²) in [4.78, 5) is 0. The summed E-state index contributed by atoms with van der Waals surface area (Å²) in [7, 11) is 0. The van der Waals surface area contributed by atoms with Gasteiger partial charge in [-0.25, -0.2) is 5.10 Å². The quantitative estimate of drug-likeness (QED) is 0.489. The number of hydrogen-bond donors (Lipinski definition) is 1. The maximum absolute atomic E-state index is 6.10. The summed E-state index contributed by atoms with van der Waals surface area (Å²) >= 11 is 17.4. The van der Waals surface area contributed by atoms with E-state index < -0.39 is 0 Å². The molecule has 0 atom stereocenters. The molecule has 0 amide bonds. The van der Waals surface area contributed by atoms with Crippen molar-refractivity contribution in [3.05, 3.63) is 74.2 Å². The zero-order valence-electron chi connectivity index (χ0n) is 13.2. The Morgan fingerprint density at radius 2 is 1.88 bits per heavy atom. The monoisotopic (exact) mass is 392 g/mol. The number of aromatic nitrogens is 3. The van der Waals surface area contributed by atoms with Gasteiger partial charge in [0.1, 0.15) is 6.61 Å². The third kappa shape index (κ3) is 4.28. The van der Waals surface area contributed by atoms with Crippen LogP contribution >= 0.6 is 35.4 Å². The summed E-state index contributed by atoms with van der Waals surface area (Å²) in [6.45, 7) is 2.14. The Morgan fingerprint density at radius 1 is 1.20 bits per heavy atom. The first kappa shape index (κ1) is 17.7. The topological polar surface area (TPSA) is 55.2 Å². The third-order valence-corrected chi connectivity index (χ3v) is 4.24. The Bertz CT molecular complexity index is 943. The van der Waals surface area contributed by atoms with Crippen LogP contribution in [-0.4, -0.2) is 21.1 Å². The standard InChI is InChI=1S/C17H14Cl2N4OS/c1-11-5-7-12(8-6-11)9-20-23-15(21-22-17(23)25)10-24-16-13(18)3-2-4-14(16)19/h2-9H,10H2,1H3,(H,22,25)/b20-9-. The van der Waals surface area contributed by atoms with E-state index in [0.29, 0.717) is 26.4 Å². The van der Waals surface area contributed by atoms with Gasteiger partial charge in [0.2, 0.25) is 4.77 Å². The van der Waals surface area contributed by atoms with Crippen LogP contribution in [0, 0.1) is 11.7 Å². The Hall–Kier alpha value is -2.15. The smallest absolute Gasteiger partial charge is 0.216 e. The molecular weight excluding hydrogens is 379 g/mol.